The molecule has 3 nitrogen and oxygen atoms in total. The normalized spacial score (nSPS) is 14.6. The molecule has 0 unspecified atom stereocenters. The Balaban J connectivity index is 2.51. The van der Waals surface area contributed by atoms with Crippen molar-refractivity contribution in [2.24, 2.45) is 0 Å². The zero-order valence-corrected chi connectivity index (χ0v) is 8.50. The topological polar surface area (TPSA) is 29.5 Å². The van der Waals surface area contributed by atoms with Crippen molar-refractivity contribution in [2.45, 2.75) is 6.92 Å². The number of hydrogen-bond donors (Lipinski definition) is 0. The lowest BCUT2D eigenvalue weighted by Crippen LogP contribution is -2.40. The molecule has 0 aromatic heterocycles. The highest BCUT2D eigenvalue weighted by Crippen LogP contribution is 2.31. The molecule has 0 aliphatic carbocycles. The minimum Gasteiger partial charge on any atom is -0.484 e. The number of fused-ring (bicyclic) bond motifs is 1. The highest BCUT2D eigenvalue weighted by atomic mass is 32.1. The van der Waals surface area contributed by atoms with Crippen molar-refractivity contribution < 1.29 is 9.53 Å². The minimum absolute atomic E-state index is 0.0780. The number of rotatable bonds is 0. The van der Waals surface area contributed by atoms with Gasteiger partial charge in [-0.05, 0) is 12.1 Å². The van der Waals surface area contributed by atoms with E-state index in [0.29, 0.717) is 17.3 Å². The van der Waals surface area contributed by atoms with E-state index in [1.165, 1.54) is 11.8 Å². The third-order valence-corrected chi connectivity index (χ3v) is 2.32. The Morgan fingerprint density at radius 1 is 1.50 bits per heavy atom. The second-order valence-electron chi connectivity index (χ2n) is 3.00. The monoisotopic (exact) mass is 207 g/mol. The van der Waals surface area contributed by atoms with Crippen LogP contribution >= 0.6 is 12.2 Å². The molecule has 0 N–H and O–H groups in total. The van der Waals surface area contributed by atoms with Crippen LogP contribution in [0.2, 0.25) is 0 Å². The number of carbonyl (C=O) groups is 1. The van der Waals surface area contributed by atoms with Gasteiger partial charge in [0.1, 0.15) is 17.3 Å². The summed E-state index contributed by atoms with van der Waals surface area (Å²) in [4.78, 5) is 13.4. The van der Waals surface area contributed by atoms with Crippen LogP contribution in [-0.4, -0.2) is 17.5 Å². The number of benzene rings is 1. The SMILES string of the molecule is CC(=O)N1C(=S)COc2ccccc21. The van der Waals surface area contributed by atoms with E-state index < -0.39 is 0 Å². The van der Waals surface area contributed by atoms with Crippen LogP contribution in [0.15, 0.2) is 24.3 Å². The maximum absolute atomic E-state index is 11.4. The fourth-order valence-corrected chi connectivity index (χ4v) is 1.73. The first-order valence-corrected chi connectivity index (χ1v) is 4.66. The molecule has 1 aliphatic heterocycles. The number of hydrogen-bond acceptors (Lipinski definition) is 3. The molecule has 0 fully saturated rings. The summed E-state index contributed by atoms with van der Waals surface area (Å²) in [5.74, 6) is 0.627. The smallest absolute Gasteiger partial charge is 0.229 e. The van der Waals surface area contributed by atoms with Crippen LogP contribution in [0.4, 0.5) is 5.69 Å². The molecule has 4 heteroatoms. The molecule has 0 spiro atoms. The second kappa shape index (κ2) is 3.38. The average Bonchev–Trinajstić information content (AvgIpc) is 2.17. The van der Waals surface area contributed by atoms with Gasteiger partial charge in [-0.2, -0.15) is 0 Å². The number of anilines is 1. The number of para-hydroxylation sites is 2. The number of nitrogens with zero attached hydrogens (tertiary/aromatic N) is 1. The molecule has 0 radical (unpaired) electrons. The number of ether oxygens (including phenoxy) is 1. The molecule has 14 heavy (non-hydrogen) atoms. The summed E-state index contributed by atoms with van der Waals surface area (Å²) in [5.41, 5.74) is 0.733. The average molecular weight is 207 g/mol. The number of amides is 1. The Kier molecular flexibility index (Phi) is 2.21. The van der Waals surface area contributed by atoms with Crippen molar-refractivity contribution in [1.82, 2.24) is 0 Å². The summed E-state index contributed by atoms with van der Waals surface area (Å²) >= 11 is 5.06. The zero-order chi connectivity index (χ0) is 10.1. The van der Waals surface area contributed by atoms with Gasteiger partial charge < -0.3 is 4.74 Å². The molecule has 0 atom stereocenters. The predicted octanol–water partition coefficient (Wildman–Crippen LogP) is 1.76. The van der Waals surface area contributed by atoms with Crippen molar-refractivity contribution in [2.75, 3.05) is 11.5 Å². The van der Waals surface area contributed by atoms with Crippen LogP contribution in [0.3, 0.4) is 0 Å². The summed E-state index contributed by atoms with van der Waals surface area (Å²) in [6, 6.07) is 7.37. The van der Waals surface area contributed by atoms with Crippen LogP contribution in [0.5, 0.6) is 5.75 Å². The van der Waals surface area contributed by atoms with E-state index >= 15 is 0 Å². The van der Waals surface area contributed by atoms with Crippen LogP contribution in [0, 0.1) is 0 Å². The predicted molar refractivity (Wildman–Crippen MR) is 57.7 cm³/mol. The lowest BCUT2D eigenvalue weighted by atomic mass is 10.2. The Morgan fingerprint density at radius 2 is 2.21 bits per heavy atom. The fourth-order valence-electron chi connectivity index (χ4n) is 1.45. The fraction of sp³-hybridized carbons (Fsp3) is 0.200. The maximum Gasteiger partial charge on any atom is 0.229 e. The van der Waals surface area contributed by atoms with Crippen molar-refractivity contribution in [3.63, 3.8) is 0 Å². The largest absolute Gasteiger partial charge is 0.484 e. The van der Waals surface area contributed by atoms with Gasteiger partial charge in [-0.15, -0.1) is 0 Å². The number of carbonyl (C=O) groups excluding carboxylic acids is 1. The van der Waals surface area contributed by atoms with Gasteiger partial charge in [0, 0.05) is 6.92 Å². The van der Waals surface area contributed by atoms with Gasteiger partial charge in [-0.25, -0.2) is 0 Å². The highest BCUT2D eigenvalue weighted by Gasteiger charge is 2.24. The molecular formula is C10H9NO2S. The van der Waals surface area contributed by atoms with Crippen LogP contribution < -0.4 is 9.64 Å². The Hall–Kier alpha value is -1.42. The van der Waals surface area contributed by atoms with E-state index in [1.54, 1.807) is 0 Å². The first kappa shape index (κ1) is 9.15. The lowest BCUT2D eigenvalue weighted by molar-refractivity contribution is -0.115. The lowest BCUT2D eigenvalue weighted by Gasteiger charge is -2.28. The van der Waals surface area contributed by atoms with Crippen molar-refractivity contribution in [3.05, 3.63) is 24.3 Å². The molecule has 0 saturated heterocycles. The van der Waals surface area contributed by atoms with Gasteiger partial charge in [-0.3, -0.25) is 9.69 Å². The van der Waals surface area contributed by atoms with E-state index in [9.17, 15) is 4.79 Å². The molecule has 1 aliphatic rings. The van der Waals surface area contributed by atoms with Crippen LogP contribution in [0.1, 0.15) is 6.92 Å². The molecule has 1 amide bonds. The van der Waals surface area contributed by atoms with Crippen LogP contribution in [-0.2, 0) is 4.79 Å². The summed E-state index contributed by atoms with van der Waals surface area (Å²) in [5, 5.41) is 0. The van der Waals surface area contributed by atoms with Gasteiger partial charge in [0.05, 0.1) is 5.69 Å². The third-order valence-electron chi connectivity index (χ3n) is 2.02. The molecule has 72 valence electrons. The minimum atomic E-state index is -0.0780. The second-order valence-corrected chi connectivity index (χ2v) is 3.48. The van der Waals surface area contributed by atoms with Gasteiger partial charge in [0.25, 0.3) is 0 Å². The van der Waals surface area contributed by atoms with Crippen molar-refractivity contribution >= 4 is 28.8 Å². The molecule has 1 heterocycles. The van der Waals surface area contributed by atoms with Crippen molar-refractivity contribution in [1.29, 1.82) is 0 Å². The quantitative estimate of drug-likeness (QED) is 0.607. The highest BCUT2D eigenvalue weighted by molar-refractivity contribution is 7.80. The van der Waals surface area contributed by atoms with Crippen LogP contribution in [0.25, 0.3) is 0 Å². The van der Waals surface area contributed by atoms with Gasteiger partial charge in [-0.1, -0.05) is 24.4 Å². The first-order chi connectivity index (χ1) is 6.70. The standard InChI is InChI=1S/C10H9NO2S/c1-7(12)11-8-4-2-3-5-9(8)13-6-10(11)14/h2-5H,6H2,1H3. The molecule has 0 bridgehead atoms. The Morgan fingerprint density at radius 3 is 2.93 bits per heavy atom. The Labute approximate surface area is 87.3 Å². The molecule has 1 aromatic rings. The third kappa shape index (κ3) is 1.37. The van der Waals surface area contributed by atoms with E-state index in [1.807, 2.05) is 24.3 Å². The van der Waals surface area contributed by atoms with E-state index in [2.05, 4.69) is 0 Å². The summed E-state index contributed by atoms with van der Waals surface area (Å²) in [6.45, 7) is 1.79. The van der Waals surface area contributed by atoms with E-state index in [0.717, 1.165) is 5.69 Å². The van der Waals surface area contributed by atoms with Crippen molar-refractivity contribution in [3.8, 4) is 5.75 Å². The molecule has 0 saturated carbocycles. The van der Waals surface area contributed by atoms with E-state index in [-0.39, 0.29) is 5.91 Å². The maximum atomic E-state index is 11.4. The summed E-state index contributed by atoms with van der Waals surface area (Å²) in [6.07, 6.45) is 0. The Bertz CT molecular complexity index is 403. The molecule has 1 aromatic carbocycles. The van der Waals surface area contributed by atoms with Gasteiger partial charge in [0.15, 0.2) is 0 Å². The van der Waals surface area contributed by atoms with Gasteiger partial charge in [0.2, 0.25) is 5.91 Å². The molecule has 2 rings (SSSR count). The van der Waals surface area contributed by atoms with Gasteiger partial charge >= 0.3 is 0 Å². The van der Waals surface area contributed by atoms with E-state index in [4.69, 9.17) is 17.0 Å². The summed E-state index contributed by atoms with van der Waals surface area (Å²) in [7, 11) is 0. The number of thiocarbonyl (C=S) groups is 1. The first-order valence-electron chi connectivity index (χ1n) is 4.25. The molecular weight excluding hydrogens is 198 g/mol. The summed E-state index contributed by atoms with van der Waals surface area (Å²) < 4.78 is 5.38. The zero-order valence-electron chi connectivity index (χ0n) is 7.69.